The van der Waals surface area contributed by atoms with Gasteiger partial charge in [-0.15, -0.1) is 0 Å². The number of carboxylic acid groups (broad SMARTS) is 2. The number of carbonyl (C=O) groups excluding carboxylic acids is 9. The Kier molecular flexibility index (Phi) is 26.6. The standard InChI is InChI=1S/C60H79N13O15/c1-5-33(4)51(73-57(84)45(24-35-15-17-38(75)18-16-35)69-53(80)42(19-21-49(62)76)66-52(79)40(61)27-37-29-63-31-65-37)59(86)67-43(20-22-50(77)78)54(81)68-44(23-32(2)3)55(82)70-46(26-36-28-64-41-14-10-9-13-39(36)41)56(83)72-48(30-74)58(85)71-47(60(87)88)25-34-11-7-6-8-12-34/h6-18,28-29,31-33,40,42-48,51,64,74-75H,5,19-27,30,61H2,1-4H3,(H2,62,76)(H,63,65)(H,66,79)(H,67,86)(H,68,81)(H,69,80)(H,70,82)(H,71,85)(H,72,83)(H,73,84)(H,77,78)(H,87,88)/t33-,40-,42-,43-,44-,45-,46-,47-,48-,51-/m0/s1. The van der Waals surface area contributed by atoms with Crippen molar-refractivity contribution in [3.05, 3.63) is 120 Å². The fourth-order valence-corrected chi connectivity index (χ4v) is 9.43. The van der Waals surface area contributed by atoms with E-state index < -0.39 is 145 Å². The predicted octanol–water partition coefficient (Wildman–Crippen LogP) is -0.628. The second-order valence-corrected chi connectivity index (χ2v) is 21.9. The average Bonchev–Trinajstić information content (AvgIpc) is 2.67. The van der Waals surface area contributed by atoms with Gasteiger partial charge in [-0.05, 0) is 66.0 Å². The molecule has 5 rings (SSSR count). The number of aromatic amines is 2. The van der Waals surface area contributed by atoms with Crippen LogP contribution in [-0.4, -0.2) is 161 Å². The lowest BCUT2D eigenvalue weighted by Gasteiger charge is -2.30. The van der Waals surface area contributed by atoms with Crippen molar-refractivity contribution in [2.24, 2.45) is 23.3 Å². The monoisotopic (exact) mass is 1220 g/mol. The van der Waals surface area contributed by atoms with E-state index in [1.807, 2.05) is 0 Å². The number of aliphatic hydroxyl groups excluding tert-OH is 1. The van der Waals surface area contributed by atoms with Crippen LogP contribution in [0, 0.1) is 11.8 Å². The molecule has 2 heterocycles. The third-order valence-corrected chi connectivity index (χ3v) is 14.5. The number of fused-ring (bicyclic) bond motifs is 1. The molecule has 0 saturated heterocycles. The van der Waals surface area contributed by atoms with Crippen molar-refractivity contribution in [1.29, 1.82) is 0 Å². The molecule has 0 aliphatic heterocycles. The van der Waals surface area contributed by atoms with Crippen LogP contribution in [0.2, 0.25) is 0 Å². The van der Waals surface area contributed by atoms with Crippen LogP contribution in [0.15, 0.2) is 97.6 Å². The minimum atomic E-state index is -1.71. The lowest BCUT2D eigenvalue weighted by Crippen LogP contribution is -2.61. The number of nitrogens with zero attached hydrogens (tertiary/aromatic N) is 1. The van der Waals surface area contributed by atoms with E-state index in [1.54, 1.807) is 88.5 Å². The number of H-pyrrole nitrogens is 2. The number of primary amides is 1. The fourth-order valence-electron chi connectivity index (χ4n) is 9.43. The van der Waals surface area contributed by atoms with Crippen LogP contribution in [0.4, 0.5) is 0 Å². The second kappa shape index (κ2) is 33.9. The Balaban J connectivity index is 1.39. The van der Waals surface area contributed by atoms with E-state index in [-0.39, 0.29) is 63.0 Å². The molecule has 28 heteroatoms. The number of aromatic nitrogens is 3. The van der Waals surface area contributed by atoms with Gasteiger partial charge in [0.2, 0.25) is 53.2 Å². The molecule has 2 aromatic heterocycles. The molecule has 5 aromatic rings. The fraction of sp³-hybridized carbons (Fsp3) is 0.433. The quantitative estimate of drug-likeness (QED) is 0.0237. The Labute approximate surface area is 506 Å². The molecular weight excluding hydrogens is 1140 g/mol. The molecule has 28 nitrogen and oxygen atoms in total. The number of rotatable bonds is 36. The molecule has 10 atom stereocenters. The van der Waals surface area contributed by atoms with Gasteiger partial charge in [0.1, 0.15) is 54.1 Å². The Morgan fingerprint density at radius 2 is 1.07 bits per heavy atom. The van der Waals surface area contributed by atoms with E-state index in [9.17, 15) is 73.2 Å². The number of nitrogens with one attached hydrogen (secondary N) is 10. The molecule has 474 valence electrons. The van der Waals surface area contributed by atoms with E-state index in [0.29, 0.717) is 33.3 Å². The van der Waals surface area contributed by atoms with Crippen LogP contribution in [0.3, 0.4) is 0 Å². The molecule has 0 radical (unpaired) electrons. The summed E-state index contributed by atoms with van der Waals surface area (Å²) < 4.78 is 0. The maximum Gasteiger partial charge on any atom is 0.326 e. The Morgan fingerprint density at radius 1 is 0.557 bits per heavy atom. The molecule has 0 bridgehead atoms. The van der Waals surface area contributed by atoms with Gasteiger partial charge in [0.25, 0.3) is 0 Å². The Bertz CT molecular complexity index is 3190. The third-order valence-electron chi connectivity index (χ3n) is 14.5. The number of benzene rings is 3. The van der Waals surface area contributed by atoms with Crippen molar-refractivity contribution in [2.75, 3.05) is 6.61 Å². The van der Waals surface area contributed by atoms with Crippen LogP contribution in [-0.2, 0) is 78.4 Å². The number of para-hydroxylation sites is 1. The number of phenolic OH excluding ortho intramolecular Hbond substituents is 1. The van der Waals surface area contributed by atoms with Crippen molar-refractivity contribution < 1.29 is 73.2 Å². The number of phenols is 1. The molecule has 0 fully saturated rings. The van der Waals surface area contributed by atoms with Crippen LogP contribution in [0.5, 0.6) is 5.75 Å². The van der Waals surface area contributed by atoms with Gasteiger partial charge in [-0.2, -0.15) is 0 Å². The van der Waals surface area contributed by atoms with Crippen molar-refractivity contribution in [3.63, 3.8) is 0 Å². The number of hydrogen-bond acceptors (Lipinski definition) is 15. The molecular formula is C60H79N13O15. The SMILES string of the molecule is CC[C@H](C)[C@H](NC(=O)[C@H](Cc1ccc(O)cc1)NC(=O)[C@H](CCC(N)=O)NC(=O)[C@@H](N)Cc1cnc[nH]1)C(=O)N[C@@H](CCC(=O)O)C(=O)N[C@@H](CC(C)C)C(=O)N[C@@H](Cc1c[nH]c2ccccc12)C(=O)N[C@@H](CO)C(=O)N[C@@H](Cc1ccccc1)C(=O)O. The normalized spacial score (nSPS) is 14.6. The van der Waals surface area contributed by atoms with E-state index in [1.165, 1.54) is 36.8 Å². The van der Waals surface area contributed by atoms with E-state index in [2.05, 4.69) is 57.5 Å². The van der Waals surface area contributed by atoms with Gasteiger partial charge < -0.3 is 84.4 Å². The minimum Gasteiger partial charge on any atom is -0.508 e. The predicted molar refractivity (Wildman–Crippen MR) is 319 cm³/mol. The molecule has 3 aromatic carbocycles. The van der Waals surface area contributed by atoms with Crippen LogP contribution in [0.1, 0.15) is 88.6 Å². The number of hydrogen-bond donors (Lipinski definition) is 16. The maximum atomic E-state index is 14.6. The first-order valence-electron chi connectivity index (χ1n) is 28.7. The summed E-state index contributed by atoms with van der Waals surface area (Å²) in [7, 11) is 0. The van der Waals surface area contributed by atoms with Crippen LogP contribution in [0.25, 0.3) is 10.9 Å². The first-order valence-corrected chi connectivity index (χ1v) is 28.7. The van der Waals surface area contributed by atoms with Gasteiger partial charge in [-0.3, -0.25) is 47.9 Å². The van der Waals surface area contributed by atoms with Crippen LogP contribution < -0.4 is 54.0 Å². The molecule has 9 amide bonds. The summed E-state index contributed by atoms with van der Waals surface area (Å²) in [5.41, 5.74) is 14.3. The first-order chi connectivity index (χ1) is 41.8. The van der Waals surface area contributed by atoms with Crippen molar-refractivity contribution in [1.82, 2.24) is 57.5 Å². The van der Waals surface area contributed by atoms with Gasteiger partial charge in [0.05, 0.1) is 19.0 Å². The van der Waals surface area contributed by atoms with Crippen molar-refractivity contribution in [2.45, 2.75) is 146 Å². The maximum absolute atomic E-state index is 14.6. The first kappa shape index (κ1) is 69.1. The zero-order chi connectivity index (χ0) is 64.6. The highest BCUT2D eigenvalue weighted by molar-refractivity contribution is 5.99. The highest BCUT2D eigenvalue weighted by Crippen LogP contribution is 2.21. The minimum absolute atomic E-state index is 0.00434. The molecule has 0 aliphatic rings. The number of carboxylic acids is 2. The topological polar surface area (TPSA) is 461 Å². The summed E-state index contributed by atoms with van der Waals surface area (Å²) in [5.74, 6) is -12.3. The number of carbonyl (C=O) groups is 11. The summed E-state index contributed by atoms with van der Waals surface area (Å²) in [6.07, 6.45) is 2.11. The van der Waals surface area contributed by atoms with Gasteiger partial charge in [0, 0.05) is 67.5 Å². The van der Waals surface area contributed by atoms with Crippen LogP contribution >= 0.6 is 0 Å². The molecule has 0 saturated carbocycles. The number of aromatic hydroxyl groups is 1. The number of nitrogens with two attached hydrogens (primary N) is 2. The summed E-state index contributed by atoms with van der Waals surface area (Å²) >= 11 is 0. The molecule has 0 unspecified atom stereocenters. The summed E-state index contributed by atoms with van der Waals surface area (Å²) in [4.78, 5) is 160. The Morgan fingerprint density at radius 3 is 1.66 bits per heavy atom. The van der Waals surface area contributed by atoms with Gasteiger partial charge in [-0.25, -0.2) is 9.78 Å². The lowest BCUT2D eigenvalue weighted by molar-refractivity contribution is -0.142. The third kappa shape index (κ3) is 21.7. The zero-order valence-electron chi connectivity index (χ0n) is 49.2. The largest absolute Gasteiger partial charge is 0.508 e. The van der Waals surface area contributed by atoms with E-state index in [0.717, 1.165) is 0 Å². The molecule has 18 N–H and O–H groups in total. The molecule has 0 spiro atoms. The number of aliphatic hydroxyl groups is 1. The van der Waals surface area contributed by atoms with Crippen molar-refractivity contribution in [3.8, 4) is 5.75 Å². The van der Waals surface area contributed by atoms with Crippen molar-refractivity contribution >= 4 is 76.0 Å². The molecule has 0 aliphatic carbocycles. The summed E-state index contributed by atoms with van der Waals surface area (Å²) in [6, 6.07) is 7.59. The summed E-state index contributed by atoms with van der Waals surface area (Å²) in [6.45, 7) is 5.78. The number of imidazole rings is 1. The Hall–Kier alpha value is -9.70. The number of aliphatic carboxylic acids is 2. The smallest absolute Gasteiger partial charge is 0.326 e. The van der Waals surface area contributed by atoms with Gasteiger partial charge in [-0.1, -0.05) is 94.8 Å². The number of amides is 9. The average molecular weight is 1220 g/mol. The van der Waals surface area contributed by atoms with Gasteiger partial charge >= 0.3 is 11.9 Å². The lowest BCUT2D eigenvalue weighted by atomic mass is 9.96. The highest BCUT2D eigenvalue weighted by atomic mass is 16.4. The zero-order valence-corrected chi connectivity index (χ0v) is 49.2. The summed E-state index contributed by atoms with van der Waals surface area (Å²) in [5, 5.41) is 61.2. The van der Waals surface area contributed by atoms with E-state index in [4.69, 9.17) is 11.5 Å². The van der Waals surface area contributed by atoms with Gasteiger partial charge in [0.15, 0.2) is 0 Å². The second-order valence-electron chi connectivity index (χ2n) is 21.9. The molecule has 88 heavy (non-hydrogen) atoms. The van der Waals surface area contributed by atoms with E-state index >= 15 is 0 Å². The highest BCUT2D eigenvalue weighted by Gasteiger charge is 2.37.